The van der Waals surface area contributed by atoms with Crippen LogP contribution in [0.5, 0.6) is 0 Å². The van der Waals surface area contributed by atoms with Gasteiger partial charge in [-0.05, 0) is 90.8 Å². The minimum atomic E-state index is -0.378. The lowest BCUT2D eigenvalue weighted by Crippen LogP contribution is -2.35. The van der Waals surface area contributed by atoms with Crippen LogP contribution < -0.4 is 16.0 Å². The molecule has 6 rings (SSSR count). The second-order valence-electron chi connectivity index (χ2n) is 10.5. The fraction of sp³-hybridized carbons (Fsp3) is 0.444. The summed E-state index contributed by atoms with van der Waals surface area (Å²) in [5.74, 6) is 1.64. The smallest absolute Gasteiger partial charge is 0.226 e. The summed E-state index contributed by atoms with van der Waals surface area (Å²) in [7, 11) is 1.69. The van der Waals surface area contributed by atoms with Gasteiger partial charge in [-0.15, -0.1) is 0 Å². The van der Waals surface area contributed by atoms with E-state index < -0.39 is 0 Å². The van der Waals surface area contributed by atoms with Gasteiger partial charge in [-0.2, -0.15) is 10.1 Å². The van der Waals surface area contributed by atoms with Crippen molar-refractivity contribution >= 4 is 38.8 Å². The number of benzene rings is 1. The van der Waals surface area contributed by atoms with Crippen LogP contribution in [-0.2, 0) is 4.79 Å². The van der Waals surface area contributed by atoms with Crippen molar-refractivity contribution in [3.05, 3.63) is 47.0 Å². The molecular formula is C27H31BrN8O2. The molecule has 0 spiro atoms. The average Bonchev–Trinajstić information content (AvgIpc) is 3.69. The van der Waals surface area contributed by atoms with Gasteiger partial charge < -0.3 is 20.4 Å². The lowest BCUT2D eigenvalue weighted by molar-refractivity contribution is -0.129. The zero-order chi connectivity index (χ0) is 26.3. The molecule has 1 saturated carbocycles. The van der Waals surface area contributed by atoms with E-state index in [0.717, 1.165) is 61.8 Å². The number of carbonyl (C=O) groups is 1. The van der Waals surface area contributed by atoms with Crippen LogP contribution in [0.2, 0.25) is 0 Å². The summed E-state index contributed by atoms with van der Waals surface area (Å²) in [6.45, 7) is 3.99. The number of hydrogen-bond donors (Lipinski definition) is 3. The number of halogens is 1. The van der Waals surface area contributed by atoms with Gasteiger partial charge in [0.15, 0.2) is 5.65 Å². The van der Waals surface area contributed by atoms with Crippen molar-refractivity contribution in [2.75, 3.05) is 25.5 Å². The molecule has 38 heavy (non-hydrogen) atoms. The predicted molar refractivity (Wildman–Crippen MR) is 148 cm³/mol. The van der Waals surface area contributed by atoms with E-state index in [-0.39, 0.29) is 17.4 Å². The van der Waals surface area contributed by atoms with Gasteiger partial charge >= 0.3 is 0 Å². The highest BCUT2D eigenvalue weighted by Gasteiger charge is 2.41. The maximum atomic E-state index is 12.4. The molecule has 198 valence electrons. The summed E-state index contributed by atoms with van der Waals surface area (Å²) >= 11 is 3.60. The number of anilines is 1. The Morgan fingerprint density at radius 1 is 1.24 bits per heavy atom. The number of rotatable bonds is 6. The first-order valence-electron chi connectivity index (χ1n) is 13.1. The fourth-order valence-electron chi connectivity index (χ4n) is 5.88. The van der Waals surface area contributed by atoms with E-state index in [1.54, 1.807) is 25.7 Å². The molecule has 3 aromatic heterocycles. The van der Waals surface area contributed by atoms with E-state index in [0.29, 0.717) is 28.0 Å². The molecule has 0 unspecified atom stereocenters. The number of aromatic nitrogens is 5. The number of amides is 1. The highest BCUT2D eigenvalue weighted by atomic mass is 79.9. The summed E-state index contributed by atoms with van der Waals surface area (Å²) < 4.78 is 8.22. The SMILES string of the molecule is CNC(=O)[C@]1(C)CC[C@@H](Nc2ncc3c(Br)nn(-c4ccc(-c5ncco5)c(C5CCNCC5)c4)c3n2)C1. The monoisotopic (exact) mass is 578 g/mol. The molecule has 1 saturated heterocycles. The summed E-state index contributed by atoms with van der Waals surface area (Å²) in [6.07, 6.45) is 9.63. The summed E-state index contributed by atoms with van der Waals surface area (Å²) in [4.78, 5) is 26.2. The maximum Gasteiger partial charge on any atom is 0.226 e. The summed E-state index contributed by atoms with van der Waals surface area (Å²) in [6, 6.07) is 6.42. The van der Waals surface area contributed by atoms with Crippen LogP contribution in [-0.4, -0.2) is 56.8 Å². The molecule has 4 heterocycles. The number of hydrogen-bond acceptors (Lipinski definition) is 8. The Hall–Kier alpha value is -3.31. The Bertz CT molecular complexity index is 1460. The molecule has 11 heteroatoms. The van der Waals surface area contributed by atoms with Crippen LogP contribution in [0, 0.1) is 5.41 Å². The molecule has 10 nitrogen and oxygen atoms in total. The van der Waals surface area contributed by atoms with Crippen molar-refractivity contribution in [2.45, 2.75) is 51.0 Å². The van der Waals surface area contributed by atoms with Gasteiger partial charge in [-0.1, -0.05) is 6.92 Å². The number of nitrogens with one attached hydrogen (secondary N) is 3. The number of nitrogens with zero attached hydrogens (tertiary/aromatic N) is 5. The zero-order valence-corrected chi connectivity index (χ0v) is 23.1. The average molecular weight is 580 g/mol. The molecule has 2 atom stereocenters. The third-order valence-electron chi connectivity index (χ3n) is 7.95. The highest BCUT2D eigenvalue weighted by molar-refractivity contribution is 9.10. The number of fused-ring (bicyclic) bond motifs is 1. The normalized spacial score (nSPS) is 22.1. The second kappa shape index (κ2) is 10.1. The quantitative estimate of drug-likeness (QED) is 0.307. The lowest BCUT2D eigenvalue weighted by atomic mass is 9.86. The van der Waals surface area contributed by atoms with Crippen molar-refractivity contribution in [1.29, 1.82) is 0 Å². The van der Waals surface area contributed by atoms with E-state index in [1.807, 2.05) is 17.7 Å². The number of carbonyl (C=O) groups excluding carboxylic acids is 1. The van der Waals surface area contributed by atoms with Gasteiger partial charge in [0.05, 0.1) is 17.3 Å². The van der Waals surface area contributed by atoms with Crippen molar-refractivity contribution < 1.29 is 9.21 Å². The molecule has 2 aliphatic rings. The van der Waals surface area contributed by atoms with Crippen molar-refractivity contribution in [3.63, 3.8) is 0 Å². The Kier molecular flexibility index (Phi) is 6.65. The molecule has 0 bridgehead atoms. The first kappa shape index (κ1) is 25.0. The Morgan fingerprint density at radius 2 is 2.08 bits per heavy atom. The first-order valence-corrected chi connectivity index (χ1v) is 13.9. The van der Waals surface area contributed by atoms with E-state index in [2.05, 4.69) is 54.0 Å². The number of oxazole rings is 1. The zero-order valence-electron chi connectivity index (χ0n) is 21.5. The molecule has 1 aromatic carbocycles. The third-order valence-corrected chi connectivity index (χ3v) is 8.54. The number of piperidine rings is 1. The van der Waals surface area contributed by atoms with Crippen molar-refractivity contribution in [2.24, 2.45) is 5.41 Å². The van der Waals surface area contributed by atoms with Gasteiger partial charge in [0.1, 0.15) is 10.9 Å². The van der Waals surface area contributed by atoms with E-state index in [4.69, 9.17) is 14.5 Å². The van der Waals surface area contributed by atoms with Crippen molar-refractivity contribution in [3.8, 4) is 17.1 Å². The predicted octanol–water partition coefficient (Wildman–Crippen LogP) is 4.42. The topological polar surface area (TPSA) is 123 Å². The fourth-order valence-corrected chi connectivity index (χ4v) is 6.32. The second-order valence-corrected chi connectivity index (χ2v) is 11.2. The summed E-state index contributed by atoms with van der Waals surface area (Å²) in [5, 5.41) is 15.3. The molecule has 2 fully saturated rings. The van der Waals surface area contributed by atoms with E-state index >= 15 is 0 Å². The van der Waals surface area contributed by atoms with Gasteiger partial charge in [-0.3, -0.25) is 4.79 Å². The Morgan fingerprint density at radius 3 is 2.84 bits per heavy atom. The van der Waals surface area contributed by atoms with Crippen molar-refractivity contribution in [1.82, 2.24) is 35.4 Å². The van der Waals surface area contributed by atoms with Crippen LogP contribution in [0.3, 0.4) is 0 Å². The van der Waals surface area contributed by atoms with Crippen LogP contribution in [0.4, 0.5) is 5.95 Å². The largest absolute Gasteiger partial charge is 0.445 e. The Labute approximate surface area is 229 Å². The minimum Gasteiger partial charge on any atom is -0.445 e. The molecule has 3 N–H and O–H groups in total. The lowest BCUT2D eigenvalue weighted by Gasteiger charge is -2.25. The first-order chi connectivity index (χ1) is 18.4. The maximum absolute atomic E-state index is 12.4. The van der Waals surface area contributed by atoms with Gasteiger partial charge in [0.2, 0.25) is 17.7 Å². The highest BCUT2D eigenvalue weighted by Crippen LogP contribution is 2.39. The molecule has 4 aromatic rings. The third kappa shape index (κ3) is 4.58. The molecule has 1 amide bonds. The molecular weight excluding hydrogens is 548 g/mol. The van der Waals surface area contributed by atoms with Crippen LogP contribution in [0.1, 0.15) is 50.5 Å². The minimum absolute atomic E-state index is 0.0814. The van der Waals surface area contributed by atoms with Crippen LogP contribution in [0.15, 0.2) is 45.9 Å². The molecule has 1 aliphatic carbocycles. The standard InChI is InChI=1S/C27H31BrN8O2/c1-27(25(37)29-2)8-5-17(14-27)33-26-32-15-21-22(28)35-36(23(21)34-26)18-3-4-19(24-31-11-12-38-24)20(13-18)16-6-9-30-10-7-16/h3-4,11-13,15-17,30H,5-10,14H2,1-2H3,(H,29,37)(H,32,33,34)/t17-,27-/m1/s1. The van der Waals surface area contributed by atoms with Gasteiger partial charge in [0.25, 0.3) is 0 Å². The van der Waals surface area contributed by atoms with Crippen LogP contribution >= 0.6 is 15.9 Å². The van der Waals surface area contributed by atoms with E-state index in [9.17, 15) is 4.79 Å². The summed E-state index contributed by atoms with van der Waals surface area (Å²) in [5.41, 5.74) is 3.47. The van der Waals surface area contributed by atoms with Gasteiger partial charge in [-0.25, -0.2) is 14.6 Å². The Balaban J connectivity index is 1.35. The van der Waals surface area contributed by atoms with Crippen LogP contribution in [0.25, 0.3) is 28.2 Å². The van der Waals surface area contributed by atoms with Gasteiger partial charge in [0, 0.05) is 30.3 Å². The molecule has 0 radical (unpaired) electrons. The molecule has 1 aliphatic heterocycles. The van der Waals surface area contributed by atoms with E-state index in [1.165, 1.54) is 5.56 Å².